The van der Waals surface area contributed by atoms with Gasteiger partial charge in [0.15, 0.2) is 0 Å². The molecule has 3 rings (SSSR count). The van der Waals surface area contributed by atoms with Crippen molar-refractivity contribution >= 4 is 11.7 Å². The summed E-state index contributed by atoms with van der Waals surface area (Å²) in [6, 6.07) is 10.9. The first-order chi connectivity index (χ1) is 14.7. The van der Waals surface area contributed by atoms with E-state index in [-0.39, 0.29) is 18.1 Å². The number of carbonyl (C=O) groups excluding carboxylic acids is 1. The number of halogens is 3. The largest absolute Gasteiger partial charge is 0.492 e. The number of rotatable bonds is 8. The molecule has 168 valence electrons. The number of amides is 1. The van der Waals surface area contributed by atoms with Crippen LogP contribution in [0.1, 0.15) is 38.3 Å². The zero-order chi connectivity index (χ0) is 22.4. The minimum absolute atomic E-state index is 0.00290. The van der Waals surface area contributed by atoms with E-state index in [0.717, 1.165) is 30.1 Å². The number of hydrogen-bond donors (Lipinski definition) is 1. The number of alkyl halides is 3. The average molecular weight is 437 g/mol. The molecule has 6 nitrogen and oxygen atoms in total. The van der Waals surface area contributed by atoms with Crippen molar-refractivity contribution in [3.05, 3.63) is 48.2 Å². The maximum Gasteiger partial charge on any atom is 0.392 e. The summed E-state index contributed by atoms with van der Waals surface area (Å²) < 4.78 is 47.7. The van der Waals surface area contributed by atoms with E-state index in [9.17, 15) is 18.0 Å². The summed E-state index contributed by atoms with van der Waals surface area (Å²) in [7, 11) is 0. The van der Waals surface area contributed by atoms with E-state index >= 15 is 0 Å². The molecule has 1 unspecified atom stereocenters. The number of hydrogen-bond acceptors (Lipinski definition) is 5. The van der Waals surface area contributed by atoms with Crippen LogP contribution in [-0.2, 0) is 4.79 Å². The first-order valence-corrected chi connectivity index (χ1v) is 10.1. The first kappa shape index (κ1) is 22.7. The summed E-state index contributed by atoms with van der Waals surface area (Å²) in [5.41, 5.74) is 0.998. The molecular formula is C22H26F3N3O3. The Morgan fingerprint density at radius 1 is 1.23 bits per heavy atom. The van der Waals surface area contributed by atoms with Crippen LogP contribution in [0.2, 0.25) is 0 Å². The SMILES string of the molecule is CC(=O)N[C@@H](C)c1ccc(OC2CCN(c3ccc(OCCC(F)(F)F)cn3)C2)cc1. The van der Waals surface area contributed by atoms with Gasteiger partial charge in [0.25, 0.3) is 0 Å². The third-order valence-electron chi connectivity index (χ3n) is 4.95. The molecular weight excluding hydrogens is 411 g/mol. The topological polar surface area (TPSA) is 63.7 Å². The van der Waals surface area contributed by atoms with Gasteiger partial charge in [-0.25, -0.2) is 4.98 Å². The van der Waals surface area contributed by atoms with Crippen molar-refractivity contribution in [2.24, 2.45) is 0 Å². The van der Waals surface area contributed by atoms with Crippen molar-refractivity contribution in [2.75, 3.05) is 24.6 Å². The maximum atomic E-state index is 12.2. The lowest BCUT2D eigenvalue weighted by atomic mass is 10.1. The molecule has 1 aliphatic rings. The molecule has 31 heavy (non-hydrogen) atoms. The lowest BCUT2D eigenvalue weighted by Gasteiger charge is -2.19. The number of aromatic nitrogens is 1. The Morgan fingerprint density at radius 3 is 2.55 bits per heavy atom. The summed E-state index contributed by atoms with van der Waals surface area (Å²) >= 11 is 0. The molecule has 9 heteroatoms. The molecule has 1 aromatic heterocycles. The predicted octanol–water partition coefficient (Wildman–Crippen LogP) is 4.27. The zero-order valence-corrected chi connectivity index (χ0v) is 17.5. The molecule has 1 amide bonds. The zero-order valence-electron chi connectivity index (χ0n) is 17.5. The van der Waals surface area contributed by atoms with Gasteiger partial charge in [0.2, 0.25) is 5.91 Å². The normalized spacial score (nSPS) is 17.3. The van der Waals surface area contributed by atoms with Gasteiger partial charge in [0.1, 0.15) is 23.4 Å². The summed E-state index contributed by atoms with van der Waals surface area (Å²) in [5.74, 6) is 1.72. The second-order valence-corrected chi connectivity index (χ2v) is 7.53. The monoisotopic (exact) mass is 437 g/mol. The van der Waals surface area contributed by atoms with Gasteiger partial charge in [-0.1, -0.05) is 12.1 Å². The van der Waals surface area contributed by atoms with Gasteiger partial charge in [-0.3, -0.25) is 4.79 Å². The molecule has 1 aliphatic heterocycles. The van der Waals surface area contributed by atoms with Gasteiger partial charge in [-0.2, -0.15) is 13.2 Å². The molecule has 1 fully saturated rings. The van der Waals surface area contributed by atoms with Crippen LogP contribution in [0.25, 0.3) is 0 Å². The molecule has 0 saturated carbocycles. The molecule has 2 atom stereocenters. The van der Waals surface area contributed by atoms with Gasteiger partial charge in [-0.05, 0) is 36.8 Å². The Hall–Kier alpha value is -2.97. The maximum absolute atomic E-state index is 12.2. The highest BCUT2D eigenvalue weighted by atomic mass is 19.4. The molecule has 2 heterocycles. The van der Waals surface area contributed by atoms with Crippen molar-refractivity contribution in [1.82, 2.24) is 10.3 Å². The lowest BCUT2D eigenvalue weighted by molar-refractivity contribution is -0.139. The van der Waals surface area contributed by atoms with Crippen LogP contribution >= 0.6 is 0 Å². The van der Waals surface area contributed by atoms with Crippen molar-refractivity contribution in [3.8, 4) is 11.5 Å². The lowest BCUT2D eigenvalue weighted by Crippen LogP contribution is -2.25. The van der Waals surface area contributed by atoms with E-state index in [1.54, 1.807) is 12.1 Å². The number of ether oxygens (including phenoxy) is 2. The van der Waals surface area contributed by atoms with E-state index in [1.807, 2.05) is 31.2 Å². The Labute approximate surface area is 179 Å². The molecule has 0 spiro atoms. The van der Waals surface area contributed by atoms with Crippen LogP contribution in [0, 0.1) is 0 Å². The Morgan fingerprint density at radius 2 is 1.94 bits per heavy atom. The fourth-order valence-corrected chi connectivity index (χ4v) is 3.38. The Bertz CT molecular complexity index is 857. The minimum Gasteiger partial charge on any atom is -0.492 e. The number of anilines is 1. The van der Waals surface area contributed by atoms with Gasteiger partial charge < -0.3 is 19.7 Å². The third kappa shape index (κ3) is 7.04. The summed E-state index contributed by atoms with van der Waals surface area (Å²) in [6.45, 7) is 4.41. The van der Waals surface area contributed by atoms with Gasteiger partial charge >= 0.3 is 6.18 Å². The van der Waals surface area contributed by atoms with Crippen molar-refractivity contribution in [1.29, 1.82) is 0 Å². The van der Waals surface area contributed by atoms with Crippen LogP contribution in [0.15, 0.2) is 42.6 Å². The van der Waals surface area contributed by atoms with Gasteiger partial charge in [0.05, 0.1) is 31.8 Å². The number of nitrogens with zero attached hydrogens (tertiary/aromatic N) is 2. The van der Waals surface area contributed by atoms with E-state index < -0.39 is 19.2 Å². The number of carbonyl (C=O) groups is 1. The van der Waals surface area contributed by atoms with Crippen LogP contribution in [0.4, 0.5) is 19.0 Å². The molecule has 0 aliphatic carbocycles. The molecule has 1 N–H and O–H groups in total. The molecule has 2 aromatic rings. The van der Waals surface area contributed by atoms with Crippen LogP contribution in [0.3, 0.4) is 0 Å². The van der Waals surface area contributed by atoms with Crippen molar-refractivity contribution in [2.45, 2.75) is 45.0 Å². The molecule has 1 aromatic carbocycles. The summed E-state index contributed by atoms with van der Waals surface area (Å²) in [6.07, 6.45) is -2.96. The third-order valence-corrected chi connectivity index (χ3v) is 4.95. The minimum atomic E-state index is -4.23. The number of nitrogens with one attached hydrogen (secondary N) is 1. The quantitative estimate of drug-likeness (QED) is 0.668. The highest BCUT2D eigenvalue weighted by molar-refractivity contribution is 5.73. The average Bonchev–Trinajstić information content (AvgIpc) is 3.16. The van der Waals surface area contributed by atoms with Gasteiger partial charge in [-0.15, -0.1) is 0 Å². The fraction of sp³-hybridized carbons (Fsp3) is 0.455. The second-order valence-electron chi connectivity index (χ2n) is 7.53. The van der Waals surface area contributed by atoms with Crippen molar-refractivity contribution in [3.63, 3.8) is 0 Å². The van der Waals surface area contributed by atoms with Crippen LogP contribution in [-0.4, -0.2) is 42.9 Å². The Kier molecular flexibility index (Phi) is 7.25. The van der Waals surface area contributed by atoms with Crippen LogP contribution in [0.5, 0.6) is 11.5 Å². The number of benzene rings is 1. The summed E-state index contributed by atoms with van der Waals surface area (Å²) in [4.78, 5) is 17.5. The fourth-order valence-electron chi connectivity index (χ4n) is 3.38. The van der Waals surface area contributed by atoms with Crippen LogP contribution < -0.4 is 19.7 Å². The van der Waals surface area contributed by atoms with Crippen molar-refractivity contribution < 1.29 is 27.4 Å². The standard InChI is InChI=1S/C22H26F3N3O3/c1-15(27-16(2)29)17-3-5-18(6-4-17)31-20-9-11-28(14-20)21-8-7-19(13-26-21)30-12-10-22(23,24)25/h3-8,13,15,20H,9-12,14H2,1-2H3,(H,27,29)/t15-,20?/m0/s1. The van der Waals surface area contributed by atoms with E-state index in [4.69, 9.17) is 9.47 Å². The smallest absolute Gasteiger partial charge is 0.392 e. The Balaban J connectivity index is 1.48. The summed E-state index contributed by atoms with van der Waals surface area (Å²) in [5, 5.41) is 2.84. The highest BCUT2D eigenvalue weighted by Gasteiger charge is 2.27. The first-order valence-electron chi connectivity index (χ1n) is 10.1. The highest BCUT2D eigenvalue weighted by Crippen LogP contribution is 2.25. The van der Waals surface area contributed by atoms with E-state index in [0.29, 0.717) is 12.3 Å². The predicted molar refractivity (Wildman–Crippen MR) is 110 cm³/mol. The molecule has 1 saturated heterocycles. The van der Waals surface area contributed by atoms with E-state index in [1.165, 1.54) is 13.1 Å². The van der Waals surface area contributed by atoms with Gasteiger partial charge in [0, 0.05) is 19.9 Å². The number of pyridine rings is 1. The molecule has 0 radical (unpaired) electrons. The molecule has 0 bridgehead atoms. The second kappa shape index (κ2) is 9.89. The van der Waals surface area contributed by atoms with E-state index in [2.05, 4.69) is 15.2 Å².